The number of rotatable bonds is 3. The van der Waals surface area contributed by atoms with Crippen molar-refractivity contribution in [2.24, 2.45) is 0 Å². The first-order valence-electron chi connectivity index (χ1n) is 6.82. The summed E-state index contributed by atoms with van der Waals surface area (Å²) in [7, 11) is 0. The number of halogens is 2. The highest BCUT2D eigenvalue weighted by Crippen LogP contribution is 2.26. The summed E-state index contributed by atoms with van der Waals surface area (Å²) in [6.07, 6.45) is 7.13. The lowest BCUT2D eigenvalue weighted by atomic mass is 9.94. The highest BCUT2D eigenvalue weighted by molar-refractivity contribution is 6.41. The molecule has 1 aromatic rings. The van der Waals surface area contributed by atoms with Gasteiger partial charge in [-0.3, -0.25) is 4.79 Å². The number of aromatic nitrogens is 1. The first kappa shape index (κ1) is 15.5. The second-order valence-electron chi connectivity index (χ2n) is 5.32. The van der Waals surface area contributed by atoms with Crippen LogP contribution in [-0.4, -0.2) is 28.1 Å². The highest BCUT2D eigenvalue weighted by atomic mass is 35.5. The fourth-order valence-electron chi connectivity index (χ4n) is 2.46. The lowest BCUT2D eigenvalue weighted by Gasteiger charge is -2.26. The van der Waals surface area contributed by atoms with Crippen molar-refractivity contribution in [2.45, 2.75) is 44.1 Å². The fourth-order valence-corrected chi connectivity index (χ4v) is 2.73. The number of carbonyl (C=O) groups is 1. The maximum Gasteiger partial charge on any atom is 0.253 e. The summed E-state index contributed by atoms with van der Waals surface area (Å²) in [6, 6.07) is 1.48. The first-order chi connectivity index (χ1) is 9.50. The molecule has 1 saturated carbocycles. The first-order valence-corrected chi connectivity index (χ1v) is 7.57. The van der Waals surface area contributed by atoms with Gasteiger partial charge in [-0.15, -0.1) is 0 Å². The van der Waals surface area contributed by atoms with Crippen LogP contribution in [0.4, 0.5) is 0 Å². The molecule has 2 rings (SSSR count). The van der Waals surface area contributed by atoms with Crippen LogP contribution in [0.2, 0.25) is 10.2 Å². The second-order valence-corrected chi connectivity index (χ2v) is 6.08. The Bertz CT molecular complexity index is 486. The molecule has 1 heterocycles. The van der Waals surface area contributed by atoms with E-state index < -0.39 is 5.60 Å². The molecule has 0 bridgehead atoms. The van der Waals surface area contributed by atoms with Gasteiger partial charge < -0.3 is 10.4 Å². The molecule has 0 saturated heterocycles. The minimum Gasteiger partial charge on any atom is -0.388 e. The van der Waals surface area contributed by atoms with E-state index >= 15 is 0 Å². The Kier molecular flexibility index (Phi) is 5.24. The van der Waals surface area contributed by atoms with Crippen molar-refractivity contribution in [2.75, 3.05) is 6.54 Å². The normalized spacial score (nSPS) is 18.4. The van der Waals surface area contributed by atoms with Gasteiger partial charge in [0.25, 0.3) is 5.91 Å². The minimum absolute atomic E-state index is 0.172. The van der Waals surface area contributed by atoms with Crippen LogP contribution in [0.1, 0.15) is 48.9 Å². The van der Waals surface area contributed by atoms with E-state index in [1.165, 1.54) is 12.3 Å². The van der Waals surface area contributed by atoms with Gasteiger partial charge in [0.1, 0.15) is 5.15 Å². The summed E-state index contributed by atoms with van der Waals surface area (Å²) in [4.78, 5) is 15.9. The third-order valence-electron chi connectivity index (χ3n) is 3.67. The Morgan fingerprint density at radius 2 is 1.95 bits per heavy atom. The largest absolute Gasteiger partial charge is 0.388 e. The molecule has 0 spiro atoms. The molecular weight excluding hydrogens is 299 g/mol. The molecule has 1 amide bonds. The minimum atomic E-state index is -0.796. The van der Waals surface area contributed by atoms with Crippen molar-refractivity contribution in [1.82, 2.24) is 10.3 Å². The number of amides is 1. The summed E-state index contributed by atoms with van der Waals surface area (Å²) in [5.41, 5.74) is -0.452. The molecule has 1 aliphatic carbocycles. The van der Waals surface area contributed by atoms with Crippen molar-refractivity contribution >= 4 is 29.1 Å². The van der Waals surface area contributed by atoms with Gasteiger partial charge >= 0.3 is 0 Å². The quantitative estimate of drug-likeness (QED) is 0.665. The highest BCUT2D eigenvalue weighted by Gasteiger charge is 2.28. The van der Waals surface area contributed by atoms with Crippen molar-refractivity contribution in [1.29, 1.82) is 0 Å². The van der Waals surface area contributed by atoms with Crippen LogP contribution in [0.5, 0.6) is 0 Å². The molecular formula is C14H18Cl2N2O2. The third-order valence-corrected chi connectivity index (χ3v) is 4.36. The molecule has 0 radical (unpaired) electrons. The van der Waals surface area contributed by atoms with Gasteiger partial charge in [0.15, 0.2) is 0 Å². The lowest BCUT2D eigenvalue weighted by Crippen LogP contribution is -2.42. The van der Waals surface area contributed by atoms with E-state index in [1.807, 2.05) is 0 Å². The molecule has 0 aliphatic heterocycles. The van der Waals surface area contributed by atoms with Crippen LogP contribution in [0.3, 0.4) is 0 Å². The molecule has 1 fully saturated rings. The summed E-state index contributed by atoms with van der Waals surface area (Å²) in [5, 5.41) is 13.6. The number of carbonyl (C=O) groups excluding carboxylic acids is 1. The Morgan fingerprint density at radius 1 is 1.30 bits per heavy atom. The van der Waals surface area contributed by atoms with Gasteiger partial charge in [-0.05, 0) is 18.9 Å². The third kappa shape index (κ3) is 4.08. The zero-order valence-electron chi connectivity index (χ0n) is 11.2. The molecule has 20 heavy (non-hydrogen) atoms. The van der Waals surface area contributed by atoms with Gasteiger partial charge in [0.2, 0.25) is 0 Å². The SMILES string of the molecule is O=C(NCC1(O)CCCCCC1)c1cnc(Cl)c(Cl)c1. The van der Waals surface area contributed by atoms with Gasteiger partial charge in [-0.2, -0.15) is 0 Å². The predicted molar refractivity (Wildman–Crippen MR) is 79.2 cm³/mol. The molecule has 2 N–H and O–H groups in total. The molecule has 6 heteroatoms. The average Bonchev–Trinajstić information content (AvgIpc) is 2.65. The van der Waals surface area contributed by atoms with Crippen LogP contribution in [0.25, 0.3) is 0 Å². The number of pyridine rings is 1. The monoisotopic (exact) mass is 316 g/mol. The lowest BCUT2D eigenvalue weighted by molar-refractivity contribution is 0.0246. The second kappa shape index (κ2) is 6.74. The van der Waals surface area contributed by atoms with Crippen LogP contribution >= 0.6 is 23.2 Å². The maximum absolute atomic E-state index is 12.0. The molecule has 0 unspecified atom stereocenters. The van der Waals surface area contributed by atoms with Crippen molar-refractivity contribution < 1.29 is 9.90 Å². The number of hydrogen-bond donors (Lipinski definition) is 2. The van der Waals surface area contributed by atoms with E-state index in [0.29, 0.717) is 5.56 Å². The van der Waals surface area contributed by atoms with Crippen molar-refractivity contribution in [3.05, 3.63) is 28.0 Å². The van der Waals surface area contributed by atoms with E-state index in [4.69, 9.17) is 23.2 Å². The van der Waals surface area contributed by atoms with Crippen LogP contribution in [0.15, 0.2) is 12.3 Å². The zero-order valence-corrected chi connectivity index (χ0v) is 12.7. The summed E-state index contributed by atoms with van der Waals surface area (Å²) in [6.45, 7) is 0.256. The summed E-state index contributed by atoms with van der Waals surface area (Å²) < 4.78 is 0. The Hall–Kier alpha value is -0.840. The van der Waals surface area contributed by atoms with Gasteiger partial charge in [-0.25, -0.2) is 4.98 Å². The maximum atomic E-state index is 12.0. The number of aliphatic hydroxyl groups is 1. The smallest absolute Gasteiger partial charge is 0.253 e. The fraction of sp³-hybridized carbons (Fsp3) is 0.571. The van der Waals surface area contributed by atoms with E-state index in [9.17, 15) is 9.90 Å². The average molecular weight is 317 g/mol. The molecule has 0 atom stereocenters. The van der Waals surface area contributed by atoms with Gasteiger partial charge in [-0.1, -0.05) is 48.9 Å². The van der Waals surface area contributed by atoms with E-state index in [2.05, 4.69) is 10.3 Å². The van der Waals surface area contributed by atoms with E-state index in [-0.39, 0.29) is 22.6 Å². The number of hydrogen-bond acceptors (Lipinski definition) is 3. The molecule has 1 aromatic heterocycles. The summed E-state index contributed by atoms with van der Waals surface area (Å²) in [5.74, 6) is -0.297. The van der Waals surface area contributed by atoms with Crippen molar-refractivity contribution in [3.8, 4) is 0 Å². The Morgan fingerprint density at radius 3 is 2.55 bits per heavy atom. The van der Waals surface area contributed by atoms with E-state index in [0.717, 1.165) is 38.5 Å². The molecule has 110 valence electrons. The zero-order chi connectivity index (χ0) is 14.6. The van der Waals surface area contributed by atoms with Crippen LogP contribution < -0.4 is 5.32 Å². The molecule has 4 nitrogen and oxygen atoms in total. The number of nitrogens with one attached hydrogen (secondary N) is 1. The molecule has 1 aliphatic rings. The van der Waals surface area contributed by atoms with Crippen LogP contribution in [-0.2, 0) is 0 Å². The number of nitrogens with zero attached hydrogens (tertiary/aromatic N) is 1. The predicted octanol–water partition coefficient (Wildman–Crippen LogP) is 3.20. The summed E-state index contributed by atoms with van der Waals surface area (Å²) >= 11 is 11.5. The van der Waals surface area contributed by atoms with E-state index in [1.54, 1.807) is 0 Å². The molecule has 0 aromatic carbocycles. The van der Waals surface area contributed by atoms with Crippen LogP contribution in [0, 0.1) is 0 Å². The van der Waals surface area contributed by atoms with Gasteiger partial charge in [0.05, 0.1) is 16.2 Å². The standard InChI is InChI=1S/C14H18Cl2N2O2/c15-11-7-10(8-17-12(11)16)13(19)18-9-14(20)5-3-1-2-4-6-14/h7-8,20H,1-6,9H2,(H,18,19). The topological polar surface area (TPSA) is 62.2 Å². The Balaban J connectivity index is 1.95. The van der Waals surface area contributed by atoms with Crippen molar-refractivity contribution in [3.63, 3.8) is 0 Å². The van der Waals surface area contributed by atoms with Gasteiger partial charge in [0, 0.05) is 12.7 Å². The Labute approximate surface area is 128 Å².